The number of nitrogens with zero attached hydrogens (tertiary/aromatic N) is 1. The first-order valence-electron chi connectivity index (χ1n) is 8.99. The van der Waals surface area contributed by atoms with Gasteiger partial charge in [0.2, 0.25) is 0 Å². The van der Waals surface area contributed by atoms with E-state index in [1.54, 1.807) is 18.5 Å². The zero-order chi connectivity index (χ0) is 18.4. The van der Waals surface area contributed by atoms with Crippen LogP contribution in [0.15, 0.2) is 42.7 Å². The highest BCUT2D eigenvalue weighted by atomic mass is 16.5. The molecule has 0 bridgehead atoms. The minimum Gasteiger partial charge on any atom is -0.489 e. The van der Waals surface area contributed by atoms with Crippen molar-refractivity contribution in [3.63, 3.8) is 0 Å². The minimum absolute atomic E-state index is 0.0278. The second-order valence-corrected chi connectivity index (χ2v) is 6.60. The van der Waals surface area contributed by atoms with Crippen molar-refractivity contribution in [3.05, 3.63) is 48.3 Å². The van der Waals surface area contributed by atoms with Gasteiger partial charge in [-0.3, -0.25) is 9.78 Å². The summed E-state index contributed by atoms with van der Waals surface area (Å²) in [6, 6.07) is 9.20. The Morgan fingerprint density at radius 3 is 2.96 bits per heavy atom. The first-order valence-corrected chi connectivity index (χ1v) is 8.99. The number of benzene rings is 1. The Labute approximate surface area is 153 Å². The minimum atomic E-state index is -0.224. The molecular formula is C20H25N3O3. The van der Waals surface area contributed by atoms with Gasteiger partial charge in [-0.15, -0.1) is 0 Å². The van der Waals surface area contributed by atoms with Gasteiger partial charge in [-0.25, -0.2) is 0 Å². The van der Waals surface area contributed by atoms with Crippen LogP contribution in [0.2, 0.25) is 0 Å². The number of amides is 1. The Morgan fingerprint density at radius 1 is 1.35 bits per heavy atom. The largest absolute Gasteiger partial charge is 0.489 e. The van der Waals surface area contributed by atoms with Crippen LogP contribution >= 0.6 is 0 Å². The number of carbonyl (C=O) groups excluding carboxylic acids is 1. The van der Waals surface area contributed by atoms with E-state index in [0.29, 0.717) is 17.0 Å². The normalized spacial score (nSPS) is 16.5. The third kappa shape index (κ3) is 4.95. The predicted octanol–water partition coefficient (Wildman–Crippen LogP) is 3.71. The van der Waals surface area contributed by atoms with Crippen LogP contribution < -0.4 is 15.4 Å². The van der Waals surface area contributed by atoms with E-state index in [4.69, 9.17) is 9.47 Å². The predicted molar refractivity (Wildman–Crippen MR) is 102 cm³/mol. The number of anilines is 2. The maximum absolute atomic E-state index is 12.6. The molecule has 1 aliphatic rings. The van der Waals surface area contributed by atoms with Crippen molar-refractivity contribution in [2.24, 2.45) is 0 Å². The monoisotopic (exact) mass is 355 g/mol. The highest BCUT2D eigenvalue weighted by molar-refractivity contribution is 6.05. The zero-order valence-corrected chi connectivity index (χ0v) is 15.2. The van der Waals surface area contributed by atoms with Crippen LogP contribution in [-0.2, 0) is 4.74 Å². The SMILES string of the molecule is CC(C)Oc1ccccc1NC(=O)c1cncc(NCC2CCCO2)c1. The Balaban J connectivity index is 1.65. The first kappa shape index (κ1) is 18.2. The zero-order valence-electron chi connectivity index (χ0n) is 15.2. The molecule has 26 heavy (non-hydrogen) atoms. The van der Waals surface area contributed by atoms with Crippen molar-refractivity contribution < 1.29 is 14.3 Å². The van der Waals surface area contributed by atoms with Crippen LogP contribution in [0.1, 0.15) is 37.0 Å². The Morgan fingerprint density at radius 2 is 2.19 bits per heavy atom. The van der Waals surface area contributed by atoms with Gasteiger partial charge in [-0.05, 0) is 44.9 Å². The lowest BCUT2D eigenvalue weighted by Crippen LogP contribution is -2.19. The fourth-order valence-electron chi connectivity index (χ4n) is 2.82. The third-order valence-corrected chi connectivity index (χ3v) is 4.06. The average Bonchev–Trinajstić information content (AvgIpc) is 3.15. The lowest BCUT2D eigenvalue weighted by molar-refractivity contribution is 0.102. The van der Waals surface area contributed by atoms with Gasteiger partial charge in [0.25, 0.3) is 5.91 Å². The Bertz CT molecular complexity index is 743. The van der Waals surface area contributed by atoms with Crippen molar-refractivity contribution in [3.8, 4) is 5.75 Å². The summed E-state index contributed by atoms with van der Waals surface area (Å²) < 4.78 is 11.3. The molecule has 6 heteroatoms. The molecule has 6 nitrogen and oxygen atoms in total. The van der Waals surface area contributed by atoms with Crippen LogP contribution in [0.3, 0.4) is 0 Å². The number of pyridine rings is 1. The molecule has 0 saturated carbocycles. The molecule has 138 valence electrons. The number of ether oxygens (including phenoxy) is 2. The van der Waals surface area contributed by atoms with Crippen LogP contribution in [-0.4, -0.2) is 36.3 Å². The molecule has 2 heterocycles. The smallest absolute Gasteiger partial charge is 0.257 e. The molecule has 0 aliphatic carbocycles. The summed E-state index contributed by atoms with van der Waals surface area (Å²) in [4.78, 5) is 16.8. The first-order chi connectivity index (χ1) is 12.6. The molecule has 1 unspecified atom stereocenters. The van der Waals surface area contributed by atoms with Gasteiger partial charge in [0.1, 0.15) is 5.75 Å². The fourth-order valence-corrected chi connectivity index (χ4v) is 2.82. The average molecular weight is 355 g/mol. The molecule has 3 rings (SSSR count). The number of rotatable bonds is 7. The number of hydrogen-bond donors (Lipinski definition) is 2. The lowest BCUT2D eigenvalue weighted by Gasteiger charge is -2.15. The van der Waals surface area contributed by atoms with E-state index in [2.05, 4.69) is 15.6 Å². The molecule has 2 N–H and O–H groups in total. The van der Waals surface area contributed by atoms with Crippen molar-refractivity contribution in [1.29, 1.82) is 0 Å². The molecule has 1 atom stereocenters. The summed E-state index contributed by atoms with van der Waals surface area (Å²) in [6.07, 6.45) is 5.69. The van der Waals surface area contributed by atoms with E-state index < -0.39 is 0 Å². The maximum atomic E-state index is 12.6. The van der Waals surface area contributed by atoms with E-state index in [0.717, 1.165) is 31.7 Å². The summed E-state index contributed by atoms with van der Waals surface area (Å²) in [5.41, 5.74) is 1.94. The molecule has 1 amide bonds. The number of nitrogens with one attached hydrogen (secondary N) is 2. The van der Waals surface area contributed by atoms with E-state index in [-0.39, 0.29) is 18.1 Å². The van der Waals surface area contributed by atoms with E-state index in [9.17, 15) is 4.79 Å². The topological polar surface area (TPSA) is 72.5 Å². The number of carbonyl (C=O) groups is 1. The quantitative estimate of drug-likeness (QED) is 0.792. The van der Waals surface area contributed by atoms with Crippen molar-refractivity contribution in [2.45, 2.75) is 38.9 Å². The van der Waals surface area contributed by atoms with Crippen molar-refractivity contribution in [2.75, 3.05) is 23.8 Å². The van der Waals surface area contributed by atoms with E-state index in [1.807, 2.05) is 38.1 Å². The van der Waals surface area contributed by atoms with Gasteiger partial charge in [0.05, 0.1) is 29.1 Å². The summed E-state index contributed by atoms with van der Waals surface area (Å²) in [5, 5.41) is 6.19. The standard InChI is InChI=1S/C20H25N3O3/c1-14(2)26-19-8-4-3-7-18(19)23-20(24)15-10-16(12-21-11-15)22-13-17-6-5-9-25-17/h3-4,7-8,10-12,14,17,22H,5-6,9,13H2,1-2H3,(H,23,24). The lowest BCUT2D eigenvalue weighted by atomic mass is 10.2. The number of aromatic nitrogens is 1. The Kier molecular flexibility index (Phi) is 6.07. The molecule has 2 aromatic rings. The van der Waals surface area contributed by atoms with Gasteiger partial charge in [-0.2, -0.15) is 0 Å². The molecule has 1 saturated heterocycles. The highest BCUT2D eigenvalue weighted by Gasteiger charge is 2.16. The molecule has 0 radical (unpaired) electrons. The summed E-state index contributed by atoms with van der Waals surface area (Å²) in [6.45, 7) is 5.44. The van der Waals surface area contributed by atoms with Crippen LogP contribution in [0.25, 0.3) is 0 Å². The summed E-state index contributed by atoms with van der Waals surface area (Å²) >= 11 is 0. The highest BCUT2D eigenvalue weighted by Crippen LogP contribution is 2.25. The molecule has 1 fully saturated rings. The van der Waals surface area contributed by atoms with Gasteiger partial charge in [0.15, 0.2) is 0 Å². The molecule has 0 spiro atoms. The van der Waals surface area contributed by atoms with Crippen LogP contribution in [0.4, 0.5) is 11.4 Å². The number of para-hydroxylation sites is 2. The molecule has 1 aliphatic heterocycles. The van der Waals surface area contributed by atoms with Gasteiger partial charge >= 0.3 is 0 Å². The van der Waals surface area contributed by atoms with Gasteiger partial charge < -0.3 is 20.1 Å². The molecular weight excluding hydrogens is 330 g/mol. The molecule has 1 aromatic carbocycles. The van der Waals surface area contributed by atoms with Gasteiger partial charge in [0, 0.05) is 25.5 Å². The summed E-state index contributed by atoms with van der Waals surface area (Å²) in [7, 11) is 0. The second kappa shape index (κ2) is 8.67. The Hall–Kier alpha value is -2.60. The van der Waals surface area contributed by atoms with Gasteiger partial charge in [-0.1, -0.05) is 12.1 Å². The van der Waals surface area contributed by atoms with E-state index in [1.165, 1.54) is 0 Å². The third-order valence-electron chi connectivity index (χ3n) is 4.06. The van der Waals surface area contributed by atoms with Crippen LogP contribution in [0, 0.1) is 0 Å². The van der Waals surface area contributed by atoms with Crippen LogP contribution in [0.5, 0.6) is 5.75 Å². The van der Waals surface area contributed by atoms with Crippen molar-refractivity contribution >= 4 is 17.3 Å². The van der Waals surface area contributed by atoms with E-state index >= 15 is 0 Å². The summed E-state index contributed by atoms with van der Waals surface area (Å²) in [5.74, 6) is 0.426. The molecule has 1 aromatic heterocycles. The fraction of sp³-hybridized carbons (Fsp3) is 0.400. The maximum Gasteiger partial charge on any atom is 0.257 e. The van der Waals surface area contributed by atoms with Crippen molar-refractivity contribution in [1.82, 2.24) is 4.98 Å². The number of hydrogen-bond acceptors (Lipinski definition) is 5. The second-order valence-electron chi connectivity index (χ2n) is 6.60.